The van der Waals surface area contributed by atoms with Gasteiger partial charge in [0, 0.05) is 11.5 Å². The molecule has 2 rings (SSSR count). The minimum Gasteiger partial charge on any atom is -0.248 e. The van der Waals surface area contributed by atoms with E-state index in [1.54, 1.807) is 10.8 Å². The molecule has 0 N–H and O–H groups in total. The summed E-state index contributed by atoms with van der Waals surface area (Å²) in [5, 5.41) is 0. The molecule has 0 aromatic rings. The Morgan fingerprint density at radius 3 is 2.73 bits per heavy atom. The molecule has 1 saturated carbocycles. The molecule has 1 aliphatic carbocycles. The summed E-state index contributed by atoms with van der Waals surface area (Å²) in [5.41, 5.74) is 0. The molecular formula is C8H14OS2. The molecule has 0 aromatic carbocycles. The molecule has 1 heterocycles. The van der Waals surface area contributed by atoms with Gasteiger partial charge in [0.2, 0.25) is 0 Å². The largest absolute Gasteiger partial charge is 0.248 e. The van der Waals surface area contributed by atoms with Gasteiger partial charge < -0.3 is 0 Å². The van der Waals surface area contributed by atoms with Crippen molar-refractivity contribution >= 4 is 20.6 Å². The van der Waals surface area contributed by atoms with Gasteiger partial charge in [0.15, 0.2) is 0 Å². The van der Waals surface area contributed by atoms with Crippen LogP contribution in [0.5, 0.6) is 0 Å². The lowest BCUT2D eigenvalue weighted by Gasteiger charge is -2.34. The highest BCUT2D eigenvalue weighted by atomic mass is 33.1. The normalized spacial score (nSPS) is 44.9. The molecule has 0 spiro atoms. The van der Waals surface area contributed by atoms with E-state index in [1.165, 1.54) is 25.7 Å². The molecule has 2 unspecified atom stereocenters. The third-order valence-corrected chi connectivity index (χ3v) is 5.96. The molecule has 0 aromatic heterocycles. The SMILES string of the molecule is O=S1C[C@H]2CCCCC2CS1. The predicted octanol–water partition coefficient (Wildman–Crippen LogP) is 2.20. The zero-order chi connectivity index (χ0) is 7.68. The summed E-state index contributed by atoms with van der Waals surface area (Å²) in [6, 6.07) is 0. The predicted molar refractivity (Wildman–Crippen MR) is 50.9 cm³/mol. The molecule has 1 aliphatic heterocycles. The van der Waals surface area contributed by atoms with Crippen molar-refractivity contribution in [1.82, 2.24) is 0 Å². The lowest BCUT2D eigenvalue weighted by atomic mass is 9.81. The molecule has 1 nitrogen and oxygen atoms in total. The van der Waals surface area contributed by atoms with Gasteiger partial charge in [0.05, 0.1) is 9.83 Å². The number of rotatable bonds is 0. The van der Waals surface area contributed by atoms with Gasteiger partial charge in [-0.2, -0.15) is 0 Å². The number of hydrogen-bond donors (Lipinski definition) is 0. The Balaban J connectivity index is 1.98. The third kappa shape index (κ3) is 1.81. The van der Waals surface area contributed by atoms with Crippen LogP contribution < -0.4 is 0 Å². The first kappa shape index (κ1) is 8.11. The fraction of sp³-hybridized carbons (Fsp3) is 1.00. The molecule has 2 aliphatic rings. The lowest BCUT2D eigenvalue weighted by Crippen LogP contribution is -2.29. The Kier molecular flexibility index (Phi) is 2.57. The first-order valence-corrected chi connectivity index (χ1v) is 7.20. The van der Waals surface area contributed by atoms with Gasteiger partial charge in [0.1, 0.15) is 0 Å². The first-order chi connectivity index (χ1) is 5.36. The summed E-state index contributed by atoms with van der Waals surface area (Å²) in [6.45, 7) is 0. The molecule has 1 saturated heterocycles. The van der Waals surface area contributed by atoms with Gasteiger partial charge in [-0.15, -0.1) is 0 Å². The number of fused-ring (bicyclic) bond motifs is 1. The first-order valence-electron chi connectivity index (χ1n) is 4.38. The van der Waals surface area contributed by atoms with Crippen LogP contribution >= 0.6 is 10.8 Å². The molecule has 64 valence electrons. The average molecular weight is 190 g/mol. The van der Waals surface area contributed by atoms with Crippen LogP contribution in [0.1, 0.15) is 25.7 Å². The Labute approximate surface area is 74.2 Å². The van der Waals surface area contributed by atoms with E-state index in [0.717, 1.165) is 23.3 Å². The smallest absolute Gasteiger partial charge is 0.0806 e. The van der Waals surface area contributed by atoms with Crippen LogP contribution in [0.15, 0.2) is 0 Å². The highest BCUT2D eigenvalue weighted by Crippen LogP contribution is 2.38. The molecule has 2 fully saturated rings. The van der Waals surface area contributed by atoms with Crippen LogP contribution in [0.2, 0.25) is 0 Å². The second kappa shape index (κ2) is 3.48. The van der Waals surface area contributed by atoms with E-state index in [1.807, 2.05) is 0 Å². The molecule has 11 heavy (non-hydrogen) atoms. The summed E-state index contributed by atoms with van der Waals surface area (Å²) in [7, 11) is 1.13. The number of hydrogen-bond acceptors (Lipinski definition) is 2. The van der Waals surface area contributed by atoms with E-state index in [0.29, 0.717) is 0 Å². The summed E-state index contributed by atoms with van der Waals surface area (Å²) in [6.07, 6.45) is 5.53. The van der Waals surface area contributed by atoms with Crippen LogP contribution in [-0.4, -0.2) is 15.7 Å². The van der Waals surface area contributed by atoms with Crippen LogP contribution in [0.3, 0.4) is 0 Å². The van der Waals surface area contributed by atoms with Gasteiger partial charge >= 0.3 is 0 Å². The maximum Gasteiger partial charge on any atom is 0.0806 e. The second-order valence-corrected chi connectivity index (χ2v) is 6.89. The van der Waals surface area contributed by atoms with Gasteiger partial charge in [-0.05, 0) is 24.7 Å². The molecular weight excluding hydrogens is 176 g/mol. The van der Waals surface area contributed by atoms with Crippen LogP contribution in [0.4, 0.5) is 0 Å². The Hall–Kier alpha value is 0.500. The summed E-state index contributed by atoms with van der Waals surface area (Å²) < 4.78 is 11.2. The van der Waals surface area contributed by atoms with Crippen molar-refractivity contribution < 1.29 is 4.21 Å². The van der Waals surface area contributed by atoms with E-state index >= 15 is 0 Å². The third-order valence-electron chi connectivity index (χ3n) is 2.83. The monoisotopic (exact) mass is 190 g/mol. The van der Waals surface area contributed by atoms with E-state index in [-0.39, 0.29) is 0 Å². The van der Waals surface area contributed by atoms with Crippen molar-refractivity contribution in [2.75, 3.05) is 11.5 Å². The van der Waals surface area contributed by atoms with Crippen molar-refractivity contribution in [2.45, 2.75) is 25.7 Å². The topological polar surface area (TPSA) is 17.1 Å². The Morgan fingerprint density at radius 2 is 1.91 bits per heavy atom. The minimum absolute atomic E-state index is 0.542. The Morgan fingerprint density at radius 1 is 1.18 bits per heavy atom. The van der Waals surface area contributed by atoms with Crippen molar-refractivity contribution in [2.24, 2.45) is 11.8 Å². The zero-order valence-corrected chi connectivity index (χ0v) is 8.26. The van der Waals surface area contributed by atoms with Gasteiger partial charge in [-0.3, -0.25) is 0 Å². The quantitative estimate of drug-likeness (QED) is 0.545. The Bertz CT molecular complexity index is 169. The van der Waals surface area contributed by atoms with E-state index < -0.39 is 9.83 Å². The van der Waals surface area contributed by atoms with Crippen molar-refractivity contribution in [1.29, 1.82) is 0 Å². The van der Waals surface area contributed by atoms with E-state index in [4.69, 9.17) is 0 Å². The van der Waals surface area contributed by atoms with Crippen LogP contribution in [0, 0.1) is 11.8 Å². The molecule has 0 radical (unpaired) electrons. The standard InChI is InChI=1S/C8H14OS2/c9-11-6-8-4-2-1-3-7(8)5-10-11/h7-8H,1-6H2/t7?,8-,11?/m1/s1. The fourth-order valence-electron chi connectivity index (χ4n) is 2.11. The van der Waals surface area contributed by atoms with Crippen molar-refractivity contribution in [3.8, 4) is 0 Å². The summed E-state index contributed by atoms with van der Waals surface area (Å²) in [4.78, 5) is 0. The maximum atomic E-state index is 11.2. The lowest BCUT2D eigenvalue weighted by molar-refractivity contribution is 0.284. The van der Waals surface area contributed by atoms with Crippen LogP contribution in [-0.2, 0) is 9.83 Å². The highest BCUT2D eigenvalue weighted by molar-refractivity contribution is 8.69. The molecule has 3 atom stereocenters. The van der Waals surface area contributed by atoms with Gasteiger partial charge in [-0.1, -0.05) is 23.6 Å². The minimum atomic E-state index is -0.542. The van der Waals surface area contributed by atoms with Gasteiger partial charge in [0.25, 0.3) is 0 Å². The fourth-order valence-corrected chi connectivity index (χ4v) is 5.55. The average Bonchev–Trinajstić information content (AvgIpc) is 2.04. The summed E-state index contributed by atoms with van der Waals surface area (Å²) >= 11 is 0. The molecule has 0 amide bonds. The summed E-state index contributed by atoms with van der Waals surface area (Å²) in [5.74, 6) is 3.87. The van der Waals surface area contributed by atoms with Gasteiger partial charge in [-0.25, -0.2) is 4.21 Å². The zero-order valence-electron chi connectivity index (χ0n) is 6.62. The van der Waals surface area contributed by atoms with E-state index in [9.17, 15) is 4.21 Å². The second-order valence-electron chi connectivity index (χ2n) is 3.56. The van der Waals surface area contributed by atoms with Crippen LogP contribution in [0.25, 0.3) is 0 Å². The van der Waals surface area contributed by atoms with E-state index in [2.05, 4.69) is 0 Å². The van der Waals surface area contributed by atoms with Crippen molar-refractivity contribution in [3.05, 3.63) is 0 Å². The molecule has 3 heteroatoms. The molecule has 0 bridgehead atoms. The highest BCUT2D eigenvalue weighted by Gasteiger charge is 2.30. The maximum absolute atomic E-state index is 11.2. The van der Waals surface area contributed by atoms with Crippen molar-refractivity contribution in [3.63, 3.8) is 0 Å².